The summed E-state index contributed by atoms with van der Waals surface area (Å²) in [5.41, 5.74) is 5.52. The molecule has 0 aliphatic carbocycles. The minimum Gasteiger partial charge on any atom is -0.450 e. The Morgan fingerprint density at radius 1 is 1.52 bits per heavy atom. The van der Waals surface area contributed by atoms with Crippen LogP contribution in [-0.2, 0) is 4.74 Å². The molecule has 1 aromatic rings. The van der Waals surface area contributed by atoms with Gasteiger partial charge in [-0.2, -0.15) is 0 Å². The number of carbonyl (C=O) groups excluding carboxylic acids is 2. The first-order chi connectivity index (χ1) is 10.0. The van der Waals surface area contributed by atoms with Crippen molar-refractivity contribution in [2.24, 2.45) is 5.73 Å². The lowest BCUT2D eigenvalue weighted by atomic mass is 10.0. The highest BCUT2D eigenvalue weighted by molar-refractivity contribution is 7.13. The first kappa shape index (κ1) is 15.6. The monoisotopic (exact) mass is 312 g/mol. The second kappa shape index (κ2) is 6.75. The lowest BCUT2D eigenvalue weighted by molar-refractivity contribution is 0.0959. The number of anilines is 1. The fourth-order valence-corrected chi connectivity index (χ4v) is 3.21. The Hall–Kier alpha value is -1.83. The molecule has 1 fully saturated rings. The minimum atomic E-state index is -0.505. The maximum atomic E-state index is 11.7. The SMILES string of the molecule is CCOC(=O)N(C)C1CCN(c2nc(C(N)=O)cs2)CC1. The van der Waals surface area contributed by atoms with E-state index in [9.17, 15) is 9.59 Å². The maximum absolute atomic E-state index is 11.7. The van der Waals surface area contributed by atoms with E-state index in [1.165, 1.54) is 11.3 Å². The van der Waals surface area contributed by atoms with Gasteiger partial charge in [0.15, 0.2) is 5.13 Å². The van der Waals surface area contributed by atoms with Crippen LogP contribution in [0, 0.1) is 0 Å². The van der Waals surface area contributed by atoms with E-state index in [4.69, 9.17) is 10.5 Å². The van der Waals surface area contributed by atoms with Crippen LogP contribution in [0.2, 0.25) is 0 Å². The summed E-state index contributed by atoms with van der Waals surface area (Å²) in [6.07, 6.45) is 1.42. The molecule has 116 valence electrons. The number of amides is 2. The summed E-state index contributed by atoms with van der Waals surface area (Å²) in [7, 11) is 1.77. The van der Waals surface area contributed by atoms with Crippen molar-refractivity contribution in [3.63, 3.8) is 0 Å². The zero-order chi connectivity index (χ0) is 15.4. The van der Waals surface area contributed by atoms with Crippen molar-refractivity contribution in [3.8, 4) is 0 Å². The molecule has 0 saturated carbocycles. The molecule has 2 amide bonds. The highest BCUT2D eigenvalue weighted by atomic mass is 32.1. The molecule has 0 unspecified atom stereocenters. The summed E-state index contributed by atoms with van der Waals surface area (Å²) < 4.78 is 5.01. The average Bonchev–Trinajstić information content (AvgIpc) is 2.97. The maximum Gasteiger partial charge on any atom is 0.409 e. The summed E-state index contributed by atoms with van der Waals surface area (Å²) in [6.45, 7) is 3.77. The molecule has 2 heterocycles. The van der Waals surface area contributed by atoms with Crippen molar-refractivity contribution < 1.29 is 14.3 Å². The minimum absolute atomic E-state index is 0.177. The second-order valence-corrected chi connectivity index (χ2v) is 5.74. The molecule has 0 bridgehead atoms. The Morgan fingerprint density at radius 2 is 2.19 bits per heavy atom. The van der Waals surface area contributed by atoms with Gasteiger partial charge in [0.05, 0.1) is 6.61 Å². The number of nitrogens with two attached hydrogens (primary N) is 1. The van der Waals surface area contributed by atoms with E-state index in [1.807, 2.05) is 0 Å². The van der Waals surface area contributed by atoms with Crippen molar-refractivity contribution in [2.75, 3.05) is 31.6 Å². The number of piperidine rings is 1. The van der Waals surface area contributed by atoms with E-state index in [2.05, 4.69) is 9.88 Å². The molecule has 0 atom stereocenters. The van der Waals surface area contributed by atoms with Gasteiger partial charge < -0.3 is 20.3 Å². The molecule has 1 aliphatic rings. The first-order valence-corrected chi connectivity index (χ1v) is 7.80. The van der Waals surface area contributed by atoms with Crippen LogP contribution in [0.4, 0.5) is 9.93 Å². The van der Waals surface area contributed by atoms with E-state index >= 15 is 0 Å². The van der Waals surface area contributed by atoms with Crippen molar-refractivity contribution in [1.82, 2.24) is 9.88 Å². The highest BCUT2D eigenvalue weighted by Gasteiger charge is 2.27. The van der Waals surface area contributed by atoms with Gasteiger partial charge in [0.25, 0.3) is 5.91 Å². The summed E-state index contributed by atoms with van der Waals surface area (Å²) in [5, 5.41) is 2.48. The Labute approximate surface area is 127 Å². The summed E-state index contributed by atoms with van der Waals surface area (Å²) >= 11 is 1.42. The van der Waals surface area contributed by atoms with Crippen LogP contribution in [0.25, 0.3) is 0 Å². The van der Waals surface area contributed by atoms with Crippen LogP contribution in [-0.4, -0.2) is 54.7 Å². The molecule has 0 aromatic carbocycles. The van der Waals surface area contributed by atoms with E-state index in [0.717, 1.165) is 31.1 Å². The van der Waals surface area contributed by atoms with Gasteiger partial charge in [-0.25, -0.2) is 9.78 Å². The first-order valence-electron chi connectivity index (χ1n) is 6.92. The molecular formula is C13H20N4O3S. The van der Waals surface area contributed by atoms with Gasteiger partial charge in [-0.1, -0.05) is 0 Å². The van der Waals surface area contributed by atoms with Gasteiger partial charge in [-0.05, 0) is 19.8 Å². The number of nitrogens with zero attached hydrogens (tertiary/aromatic N) is 3. The summed E-state index contributed by atoms with van der Waals surface area (Å²) in [4.78, 5) is 30.8. The molecule has 7 nitrogen and oxygen atoms in total. The number of hydrogen-bond donors (Lipinski definition) is 1. The average molecular weight is 312 g/mol. The van der Waals surface area contributed by atoms with Crippen molar-refractivity contribution in [3.05, 3.63) is 11.1 Å². The third-order valence-corrected chi connectivity index (χ3v) is 4.48. The Bertz CT molecular complexity index is 511. The molecule has 2 N–H and O–H groups in total. The van der Waals surface area contributed by atoms with Gasteiger partial charge in [0.1, 0.15) is 5.69 Å². The van der Waals surface area contributed by atoms with Crippen LogP contribution < -0.4 is 10.6 Å². The molecule has 0 radical (unpaired) electrons. The van der Waals surface area contributed by atoms with Gasteiger partial charge in [-0.3, -0.25) is 4.79 Å². The molecular weight excluding hydrogens is 292 g/mol. The Morgan fingerprint density at radius 3 is 2.71 bits per heavy atom. The van der Waals surface area contributed by atoms with Crippen molar-refractivity contribution in [2.45, 2.75) is 25.8 Å². The largest absolute Gasteiger partial charge is 0.450 e. The van der Waals surface area contributed by atoms with E-state index in [0.29, 0.717) is 12.3 Å². The quantitative estimate of drug-likeness (QED) is 0.905. The number of hydrogen-bond acceptors (Lipinski definition) is 6. The van der Waals surface area contributed by atoms with Gasteiger partial charge in [-0.15, -0.1) is 11.3 Å². The van der Waals surface area contributed by atoms with Crippen LogP contribution in [0.5, 0.6) is 0 Å². The second-order valence-electron chi connectivity index (χ2n) is 4.91. The van der Waals surface area contributed by atoms with Gasteiger partial charge in [0.2, 0.25) is 0 Å². The Kier molecular flexibility index (Phi) is 5.00. The number of primary amides is 1. The number of carbonyl (C=O) groups is 2. The number of rotatable bonds is 4. The number of thiazole rings is 1. The Balaban J connectivity index is 1.90. The van der Waals surface area contributed by atoms with Crippen LogP contribution in [0.1, 0.15) is 30.3 Å². The zero-order valence-corrected chi connectivity index (χ0v) is 13.1. The van der Waals surface area contributed by atoms with Crippen LogP contribution >= 0.6 is 11.3 Å². The van der Waals surface area contributed by atoms with Gasteiger partial charge in [0, 0.05) is 31.6 Å². The zero-order valence-electron chi connectivity index (χ0n) is 12.2. The molecule has 1 aromatic heterocycles. The standard InChI is InChI=1S/C13H20N4O3S/c1-3-20-13(19)16(2)9-4-6-17(7-5-9)12-15-10(8-21-12)11(14)18/h8-9H,3-7H2,1-2H3,(H2,14,18). The summed E-state index contributed by atoms with van der Waals surface area (Å²) in [6, 6.07) is 0.177. The molecule has 0 spiro atoms. The normalized spacial score (nSPS) is 15.8. The van der Waals surface area contributed by atoms with Gasteiger partial charge >= 0.3 is 6.09 Å². The predicted octanol–water partition coefficient (Wildman–Crippen LogP) is 1.30. The molecule has 1 saturated heterocycles. The molecule has 2 rings (SSSR count). The van der Waals surface area contributed by atoms with Crippen LogP contribution in [0.15, 0.2) is 5.38 Å². The van der Waals surface area contributed by atoms with E-state index < -0.39 is 5.91 Å². The molecule has 1 aliphatic heterocycles. The topological polar surface area (TPSA) is 88.8 Å². The third-order valence-electron chi connectivity index (χ3n) is 3.58. The number of aromatic nitrogens is 1. The molecule has 21 heavy (non-hydrogen) atoms. The van der Waals surface area contributed by atoms with Crippen molar-refractivity contribution in [1.29, 1.82) is 0 Å². The smallest absolute Gasteiger partial charge is 0.409 e. The van der Waals surface area contributed by atoms with Crippen LogP contribution in [0.3, 0.4) is 0 Å². The highest BCUT2D eigenvalue weighted by Crippen LogP contribution is 2.25. The van der Waals surface area contributed by atoms with E-state index in [1.54, 1.807) is 24.3 Å². The third kappa shape index (κ3) is 3.63. The lowest BCUT2D eigenvalue weighted by Crippen LogP contribution is -2.45. The lowest BCUT2D eigenvalue weighted by Gasteiger charge is -2.36. The predicted molar refractivity (Wildman–Crippen MR) is 80.7 cm³/mol. The fourth-order valence-electron chi connectivity index (χ4n) is 2.34. The van der Waals surface area contributed by atoms with Crippen molar-refractivity contribution >= 4 is 28.5 Å². The fraction of sp³-hybridized carbons (Fsp3) is 0.615. The van der Waals surface area contributed by atoms with E-state index in [-0.39, 0.29) is 12.1 Å². The summed E-state index contributed by atoms with van der Waals surface area (Å²) in [5.74, 6) is -0.505. The number of ether oxygens (including phenoxy) is 1. The molecule has 8 heteroatoms.